The average molecular weight is 357 g/mol. The number of thioether (sulfide) groups is 1. The van der Waals surface area contributed by atoms with Crippen molar-refractivity contribution in [2.75, 3.05) is 25.5 Å². The Kier molecular flexibility index (Phi) is 7.38. The van der Waals surface area contributed by atoms with E-state index in [1.165, 1.54) is 16.8 Å². The van der Waals surface area contributed by atoms with Gasteiger partial charge in [0.1, 0.15) is 0 Å². The lowest BCUT2D eigenvalue weighted by Gasteiger charge is -2.24. The first-order valence-electron chi connectivity index (χ1n) is 8.71. The van der Waals surface area contributed by atoms with Gasteiger partial charge in [0.25, 0.3) is 0 Å². The van der Waals surface area contributed by atoms with Crippen LogP contribution in [0.2, 0.25) is 0 Å². The first kappa shape index (κ1) is 19.4. The van der Waals surface area contributed by atoms with E-state index in [0.29, 0.717) is 6.54 Å². The molecule has 1 amide bonds. The summed E-state index contributed by atoms with van der Waals surface area (Å²) in [5, 5.41) is -0.0406. The lowest BCUT2D eigenvalue weighted by molar-refractivity contribution is -0.130. The Balaban J connectivity index is 1.92. The van der Waals surface area contributed by atoms with E-state index in [9.17, 15) is 4.79 Å². The van der Waals surface area contributed by atoms with Crippen LogP contribution in [0.4, 0.5) is 5.69 Å². The summed E-state index contributed by atoms with van der Waals surface area (Å²) in [6.07, 6.45) is 0. The molecule has 4 heteroatoms. The fourth-order valence-electron chi connectivity index (χ4n) is 2.59. The summed E-state index contributed by atoms with van der Waals surface area (Å²) in [5.74, 6) is 1.07. The third-order valence-electron chi connectivity index (χ3n) is 4.21. The summed E-state index contributed by atoms with van der Waals surface area (Å²) in [6.45, 7) is 5.44. The normalized spacial score (nSPS) is 11.8. The van der Waals surface area contributed by atoms with Crippen molar-refractivity contribution in [3.8, 4) is 0 Å². The smallest absolute Gasteiger partial charge is 0.235 e. The molecule has 3 nitrogen and oxygen atoms in total. The molecule has 0 aliphatic carbocycles. The van der Waals surface area contributed by atoms with Crippen LogP contribution in [0.5, 0.6) is 0 Å². The maximum atomic E-state index is 12.8. The van der Waals surface area contributed by atoms with Crippen LogP contribution in [-0.4, -0.2) is 36.7 Å². The number of amides is 1. The molecule has 0 saturated carbocycles. The van der Waals surface area contributed by atoms with Gasteiger partial charge in [0.05, 0.1) is 5.25 Å². The first-order valence-corrected chi connectivity index (χ1v) is 9.76. The standard InChI is InChI=1S/C21H28N2OS/c1-5-23(15-18-11-13-20(14-12-18)22(3)4)21(24)17(2)25-16-19-9-7-6-8-10-19/h6-14,17H,5,15-16H2,1-4H3. The molecule has 1 atom stereocenters. The molecule has 0 aromatic heterocycles. The molecular weight excluding hydrogens is 328 g/mol. The SMILES string of the molecule is CCN(Cc1ccc(N(C)C)cc1)C(=O)C(C)SCc1ccccc1. The van der Waals surface area contributed by atoms with Gasteiger partial charge in [0, 0.05) is 38.6 Å². The Bertz CT molecular complexity index is 655. The summed E-state index contributed by atoms with van der Waals surface area (Å²) in [6, 6.07) is 18.7. The molecule has 0 spiro atoms. The van der Waals surface area contributed by atoms with Gasteiger partial charge in [0.15, 0.2) is 0 Å². The van der Waals surface area contributed by atoms with Crippen LogP contribution in [0.3, 0.4) is 0 Å². The van der Waals surface area contributed by atoms with E-state index in [2.05, 4.69) is 41.3 Å². The zero-order valence-corrected chi connectivity index (χ0v) is 16.4. The summed E-state index contributed by atoms with van der Waals surface area (Å²) < 4.78 is 0. The third-order valence-corrected chi connectivity index (χ3v) is 5.41. The van der Waals surface area contributed by atoms with Gasteiger partial charge in [-0.05, 0) is 37.1 Å². The van der Waals surface area contributed by atoms with E-state index in [0.717, 1.165) is 12.3 Å². The number of nitrogens with zero attached hydrogens (tertiary/aromatic N) is 2. The van der Waals surface area contributed by atoms with E-state index >= 15 is 0 Å². The van der Waals surface area contributed by atoms with E-state index in [1.54, 1.807) is 11.8 Å². The Morgan fingerprint density at radius 2 is 1.64 bits per heavy atom. The Morgan fingerprint density at radius 3 is 2.20 bits per heavy atom. The molecule has 0 fully saturated rings. The maximum absolute atomic E-state index is 12.8. The second-order valence-corrected chi connectivity index (χ2v) is 7.68. The second-order valence-electron chi connectivity index (χ2n) is 6.35. The van der Waals surface area contributed by atoms with Crippen molar-refractivity contribution in [3.05, 3.63) is 65.7 Å². The highest BCUT2D eigenvalue weighted by Gasteiger charge is 2.20. The number of carbonyl (C=O) groups is 1. The summed E-state index contributed by atoms with van der Waals surface area (Å²) in [5.41, 5.74) is 3.60. The minimum Gasteiger partial charge on any atom is -0.378 e. The zero-order valence-electron chi connectivity index (χ0n) is 15.6. The molecule has 2 rings (SSSR count). The van der Waals surface area contributed by atoms with Crippen LogP contribution >= 0.6 is 11.8 Å². The minimum atomic E-state index is -0.0406. The van der Waals surface area contributed by atoms with Gasteiger partial charge >= 0.3 is 0 Å². The number of carbonyl (C=O) groups excluding carboxylic acids is 1. The molecule has 0 N–H and O–H groups in total. The van der Waals surface area contributed by atoms with Crippen molar-refractivity contribution in [1.82, 2.24) is 4.90 Å². The monoisotopic (exact) mass is 356 g/mol. The topological polar surface area (TPSA) is 23.6 Å². The van der Waals surface area contributed by atoms with E-state index in [4.69, 9.17) is 0 Å². The lowest BCUT2D eigenvalue weighted by Crippen LogP contribution is -2.36. The average Bonchev–Trinajstić information content (AvgIpc) is 2.64. The molecule has 0 radical (unpaired) electrons. The number of rotatable bonds is 8. The van der Waals surface area contributed by atoms with Gasteiger partial charge in [-0.3, -0.25) is 4.79 Å². The van der Waals surface area contributed by atoms with Gasteiger partial charge in [-0.2, -0.15) is 0 Å². The highest BCUT2D eigenvalue weighted by atomic mass is 32.2. The predicted molar refractivity (Wildman–Crippen MR) is 109 cm³/mol. The molecule has 134 valence electrons. The number of anilines is 1. The first-order chi connectivity index (χ1) is 12.0. The van der Waals surface area contributed by atoms with Crippen LogP contribution < -0.4 is 4.90 Å². The van der Waals surface area contributed by atoms with Gasteiger partial charge < -0.3 is 9.80 Å². The van der Waals surface area contributed by atoms with E-state index < -0.39 is 0 Å². The predicted octanol–water partition coefficient (Wildman–Crippen LogP) is 4.42. The van der Waals surface area contributed by atoms with Crippen molar-refractivity contribution < 1.29 is 4.79 Å². The van der Waals surface area contributed by atoms with Crippen LogP contribution in [0.1, 0.15) is 25.0 Å². The quantitative estimate of drug-likeness (QED) is 0.699. The van der Waals surface area contributed by atoms with Crippen LogP contribution in [0.25, 0.3) is 0 Å². The van der Waals surface area contributed by atoms with Crippen LogP contribution in [0.15, 0.2) is 54.6 Å². The largest absolute Gasteiger partial charge is 0.378 e. The Hall–Kier alpha value is -1.94. The molecule has 0 aliphatic rings. The fourth-order valence-corrected chi connectivity index (χ4v) is 3.52. The van der Waals surface area contributed by atoms with Crippen LogP contribution in [0, 0.1) is 0 Å². The van der Waals surface area contributed by atoms with E-state index in [1.807, 2.05) is 51.0 Å². The van der Waals surface area contributed by atoms with Crippen LogP contribution in [-0.2, 0) is 17.1 Å². The maximum Gasteiger partial charge on any atom is 0.235 e. The van der Waals surface area contributed by atoms with Gasteiger partial charge in [-0.1, -0.05) is 42.5 Å². The van der Waals surface area contributed by atoms with E-state index in [-0.39, 0.29) is 11.2 Å². The number of hydrogen-bond acceptors (Lipinski definition) is 3. The third kappa shape index (κ3) is 5.82. The highest BCUT2D eigenvalue weighted by Crippen LogP contribution is 2.21. The molecule has 1 unspecified atom stereocenters. The molecule has 2 aromatic carbocycles. The molecule has 0 saturated heterocycles. The van der Waals surface area contributed by atoms with Crippen molar-refractivity contribution in [1.29, 1.82) is 0 Å². The fraction of sp³-hybridized carbons (Fsp3) is 0.381. The highest BCUT2D eigenvalue weighted by molar-refractivity contribution is 7.99. The summed E-state index contributed by atoms with van der Waals surface area (Å²) >= 11 is 1.70. The summed E-state index contributed by atoms with van der Waals surface area (Å²) in [7, 11) is 4.06. The zero-order chi connectivity index (χ0) is 18.2. The molecule has 2 aromatic rings. The van der Waals surface area contributed by atoms with Crippen molar-refractivity contribution in [3.63, 3.8) is 0 Å². The molecule has 0 heterocycles. The van der Waals surface area contributed by atoms with Crippen molar-refractivity contribution in [2.24, 2.45) is 0 Å². The second kappa shape index (κ2) is 9.52. The lowest BCUT2D eigenvalue weighted by atomic mass is 10.2. The Labute approximate surface area is 156 Å². The van der Waals surface area contributed by atoms with Crippen molar-refractivity contribution in [2.45, 2.75) is 31.4 Å². The molecular formula is C21H28N2OS. The Morgan fingerprint density at radius 1 is 1.00 bits per heavy atom. The molecule has 0 bridgehead atoms. The minimum absolute atomic E-state index is 0.0406. The molecule has 25 heavy (non-hydrogen) atoms. The number of hydrogen-bond donors (Lipinski definition) is 0. The number of benzene rings is 2. The van der Waals surface area contributed by atoms with Gasteiger partial charge in [-0.15, -0.1) is 11.8 Å². The van der Waals surface area contributed by atoms with Gasteiger partial charge in [0.2, 0.25) is 5.91 Å². The van der Waals surface area contributed by atoms with Gasteiger partial charge in [-0.25, -0.2) is 0 Å². The molecule has 0 aliphatic heterocycles. The van der Waals surface area contributed by atoms with Crippen molar-refractivity contribution >= 4 is 23.4 Å². The summed E-state index contributed by atoms with van der Waals surface area (Å²) in [4.78, 5) is 16.8.